The van der Waals surface area contributed by atoms with Gasteiger partial charge in [-0.2, -0.15) is 0 Å². The smallest absolute Gasteiger partial charge is 0.0540 e. The highest BCUT2D eigenvalue weighted by atomic mass is 16.3. The molecule has 0 radical (unpaired) electrons. The fraction of sp³-hybridized carbons (Fsp3) is 0.889. The number of aliphatic hydroxyl groups excluding tert-OH is 1. The van der Waals surface area contributed by atoms with Crippen LogP contribution in [0.2, 0.25) is 0 Å². The van der Waals surface area contributed by atoms with Crippen LogP contribution in [0.3, 0.4) is 0 Å². The predicted molar refractivity (Wildman–Crippen MR) is 170 cm³/mol. The van der Waals surface area contributed by atoms with Crippen molar-refractivity contribution in [2.24, 2.45) is 0 Å². The van der Waals surface area contributed by atoms with Crippen molar-refractivity contribution in [1.29, 1.82) is 0 Å². The van der Waals surface area contributed by atoms with Gasteiger partial charge < -0.3 is 5.11 Å². The number of hydrogen-bond donors (Lipinski definition) is 1. The van der Waals surface area contributed by atoms with Crippen LogP contribution in [-0.2, 0) is 0 Å². The third-order valence-corrected chi connectivity index (χ3v) is 7.88. The molecule has 0 aromatic rings. The van der Waals surface area contributed by atoms with E-state index in [0.29, 0.717) is 0 Å². The molecule has 0 saturated carbocycles. The summed E-state index contributed by atoms with van der Waals surface area (Å²) in [6, 6.07) is 0. The Morgan fingerprint density at radius 2 is 0.676 bits per heavy atom. The topological polar surface area (TPSA) is 20.2 Å². The number of aliphatic hydroxyl groups is 1. The highest BCUT2D eigenvalue weighted by Crippen LogP contribution is 2.16. The lowest BCUT2D eigenvalue weighted by Crippen LogP contribution is -2.05. The summed E-state index contributed by atoms with van der Waals surface area (Å²) >= 11 is 0. The van der Waals surface area contributed by atoms with Gasteiger partial charge in [0.15, 0.2) is 0 Å². The van der Waals surface area contributed by atoms with Crippen LogP contribution in [0.1, 0.15) is 200 Å². The van der Waals surface area contributed by atoms with Gasteiger partial charge in [-0.1, -0.05) is 179 Å². The lowest BCUT2D eigenvalue weighted by molar-refractivity contribution is 0.147. The van der Waals surface area contributed by atoms with Gasteiger partial charge in [0, 0.05) is 0 Å². The third kappa shape index (κ3) is 33.4. The molecule has 0 bridgehead atoms. The van der Waals surface area contributed by atoms with Crippen molar-refractivity contribution in [3.8, 4) is 0 Å². The monoisotopic (exact) mass is 519 g/mol. The first kappa shape index (κ1) is 36.4. The molecule has 0 aromatic heterocycles. The van der Waals surface area contributed by atoms with E-state index in [1.807, 2.05) is 0 Å². The minimum atomic E-state index is -0.0483. The largest absolute Gasteiger partial charge is 0.393 e. The van der Waals surface area contributed by atoms with Crippen LogP contribution in [-0.4, -0.2) is 11.2 Å². The van der Waals surface area contributed by atoms with Gasteiger partial charge in [-0.3, -0.25) is 0 Å². The Kier molecular flexibility index (Phi) is 33.0. The first-order valence-corrected chi connectivity index (χ1v) is 17.3. The third-order valence-electron chi connectivity index (χ3n) is 7.88. The summed E-state index contributed by atoms with van der Waals surface area (Å²) in [5.74, 6) is 0. The van der Waals surface area contributed by atoms with Gasteiger partial charge in [-0.15, -0.1) is 0 Å². The van der Waals surface area contributed by atoms with Gasteiger partial charge in [0.25, 0.3) is 0 Å². The van der Waals surface area contributed by atoms with Gasteiger partial charge in [-0.25, -0.2) is 0 Å². The molecule has 1 heteroatoms. The van der Waals surface area contributed by atoms with E-state index in [0.717, 1.165) is 19.3 Å². The SMILES string of the molecule is CCCCC/C=C\C/C=C\CCCCCCCCC(O)CCCCCCCCCCCCCCCCC. The van der Waals surface area contributed by atoms with Gasteiger partial charge in [-0.05, 0) is 44.9 Å². The van der Waals surface area contributed by atoms with Crippen molar-refractivity contribution in [2.45, 2.75) is 206 Å². The Hall–Kier alpha value is -0.560. The molecule has 1 N–H and O–H groups in total. The minimum absolute atomic E-state index is 0.0483. The quantitative estimate of drug-likeness (QED) is 0.0714. The minimum Gasteiger partial charge on any atom is -0.393 e. The van der Waals surface area contributed by atoms with Crippen molar-refractivity contribution >= 4 is 0 Å². The van der Waals surface area contributed by atoms with Gasteiger partial charge in [0.05, 0.1) is 6.10 Å². The maximum absolute atomic E-state index is 10.3. The van der Waals surface area contributed by atoms with E-state index in [9.17, 15) is 5.11 Å². The zero-order chi connectivity index (χ0) is 26.9. The van der Waals surface area contributed by atoms with Crippen LogP contribution in [0.4, 0.5) is 0 Å². The molecule has 1 nitrogen and oxygen atoms in total. The molecular formula is C36H70O. The highest BCUT2D eigenvalue weighted by molar-refractivity contribution is 4.92. The zero-order valence-corrected chi connectivity index (χ0v) is 25.8. The maximum atomic E-state index is 10.3. The Balaban J connectivity index is 3.21. The van der Waals surface area contributed by atoms with Crippen molar-refractivity contribution in [3.05, 3.63) is 24.3 Å². The molecule has 1 unspecified atom stereocenters. The highest BCUT2D eigenvalue weighted by Gasteiger charge is 2.03. The lowest BCUT2D eigenvalue weighted by Gasteiger charge is -2.10. The van der Waals surface area contributed by atoms with E-state index in [1.54, 1.807) is 0 Å². The molecule has 220 valence electrons. The second-order valence-corrected chi connectivity index (χ2v) is 11.8. The van der Waals surface area contributed by atoms with Crippen molar-refractivity contribution < 1.29 is 5.11 Å². The summed E-state index contributed by atoms with van der Waals surface area (Å²) < 4.78 is 0. The first-order chi connectivity index (χ1) is 18.3. The van der Waals surface area contributed by atoms with E-state index >= 15 is 0 Å². The molecule has 0 heterocycles. The van der Waals surface area contributed by atoms with E-state index < -0.39 is 0 Å². The normalized spacial score (nSPS) is 12.8. The zero-order valence-electron chi connectivity index (χ0n) is 25.8. The number of rotatable bonds is 31. The molecule has 0 fully saturated rings. The van der Waals surface area contributed by atoms with E-state index in [4.69, 9.17) is 0 Å². The molecule has 37 heavy (non-hydrogen) atoms. The summed E-state index contributed by atoms with van der Waals surface area (Å²) in [5.41, 5.74) is 0. The first-order valence-electron chi connectivity index (χ1n) is 17.3. The van der Waals surface area contributed by atoms with Crippen LogP contribution >= 0.6 is 0 Å². The Morgan fingerprint density at radius 1 is 0.378 bits per heavy atom. The molecule has 0 amide bonds. The second-order valence-electron chi connectivity index (χ2n) is 11.8. The number of unbranched alkanes of at least 4 members (excludes halogenated alkanes) is 23. The summed E-state index contributed by atoms with van der Waals surface area (Å²) in [6.07, 6.45) is 48.0. The van der Waals surface area contributed by atoms with Crippen molar-refractivity contribution in [2.75, 3.05) is 0 Å². The Morgan fingerprint density at radius 3 is 1.08 bits per heavy atom. The van der Waals surface area contributed by atoms with E-state index in [2.05, 4.69) is 38.2 Å². The molecule has 0 aliphatic rings. The van der Waals surface area contributed by atoms with Crippen LogP contribution in [0, 0.1) is 0 Å². The molecular weight excluding hydrogens is 448 g/mol. The van der Waals surface area contributed by atoms with Gasteiger partial charge >= 0.3 is 0 Å². The standard InChI is InChI=1S/C36H70O/c1-3-5-7-9-11-13-15-17-19-21-23-25-27-29-31-33-35-36(37)34-32-30-28-26-24-22-20-18-16-14-12-10-8-6-4-2/h11,13,17,19,36-37H,3-10,12,14-16,18,20-35H2,1-2H3/b13-11-,19-17-. The maximum Gasteiger partial charge on any atom is 0.0540 e. The molecule has 0 rings (SSSR count). The summed E-state index contributed by atoms with van der Waals surface area (Å²) in [5, 5.41) is 10.3. The van der Waals surface area contributed by atoms with Crippen LogP contribution < -0.4 is 0 Å². The van der Waals surface area contributed by atoms with Gasteiger partial charge in [0.2, 0.25) is 0 Å². The molecule has 0 saturated heterocycles. The Labute approximate surface area is 235 Å². The van der Waals surface area contributed by atoms with Crippen molar-refractivity contribution in [3.63, 3.8) is 0 Å². The fourth-order valence-corrected chi connectivity index (χ4v) is 5.26. The van der Waals surface area contributed by atoms with Crippen LogP contribution in [0.25, 0.3) is 0 Å². The number of allylic oxidation sites excluding steroid dienone is 4. The molecule has 0 aliphatic heterocycles. The average Bonchev–Trinajstić information content (AvgIpc) is 2.90. The average molecular weight is 519 g/mol. The number of hydrogen-bond acceptors (Lipinski definition) is 1. The van der Waals surface area contributed by atoms with Crippen molar-refractivity contribution in [1.82, 2.24) is 0 Å². The predicted octanol–water partition coefficient (Wildman–Crippen LogP) is 12.8. The lowest BCUT2D eigenvalue weighted by atomic mass is 10.0. The second kappa shape index (κ2) is 33.5. The summed E-state index contributed by atoms with van der Waals surface area (Å²) in [7, 11) is 0. The van der Waals surface area contributed by atoms with Crippen LogP contribution in [0.15, 0.2) is 24.3 Å². The molecule has 0 aliphatic carbocycles. The van der Waals surface area contributed by atoms with Crippen LogP contribution in [0.5, 0.6) is 0 Å². The summed E-state index contributed by atoms with van der Waals surface area (Å²) in [6.45, 7) is 4.56. The summed E-state index contributed by atoms with van der Waals surface area (Å²) in [4.78, 5) is 0. The van der Waals surface area contributed by atoms with E-state index in [-0.39, 0.29) is 6.10 Å². The Bertz CT molecular complexity index is 452. The molecule has 1 atom stereocenters. The van der Waals surface area contributed by atoms with E-state index in [1.165, 1.54) is 167 Å². The van der Waals surface area contributed by atoms with Gasteiger partial charge in [0.1, 0.15) is 0 Å². The molecule has 0 aromatic carbocycles. The molecule has 0 spiro atoms. The fourth-order valence-electron chi connectivity index (χ4n) is 5.26.